The SMILES string of the molecule is O=C(COC(=O)[C@]12CCC(=O)N1c1ccccc1S2)Nc1cccc2ccccc12. The van der Waals surface area contributed by atoms with E-state index in [0.717, 1.165) is 21.4 Å². The number of hydrogen-bond donors (Lipinski definition) is 1. The lowest BCUT2D eigenvalue weighted by atomic mass is 10.1. The minimum absolute atomic E-state index is 0.107. The number of benzene rings is 3. The number of amides is 2. The van der Waals surface area contributed by atoms with Gasteiger partial charge in [-0.25, -0.2) is 4.79 Å². The second-order valence-corrected chi connectivity index (χ2v) is 8.55. The normalized spacial score (nSPS) is 19.5. The van der Waals surface area contributed by atoms with Crippen LogP contribution in [0.25, 0.3) is 10.8 Å². The number of ether oxygens (including phenoxy) is 1. The third-order valence-electron chi connectivity index (χ3n) is 5.39. The molecule has 3 aromatic rings. The van der Waals surface area contributed by atoms with Gasteiger partial charge in [0.05, 0.1) is 5.69 Å². The number of thioether (sulfide) groups is 1. The second kappa shape index (κ2) is 7.18. The van der Waals surface area contributed by atoms with Crippen LogP contribution >= 0.6 is 11.8 Å². The van der Waals surface area contributed by atoms with Crippen molar-refractivity contribution in [3.05, 3.63) is 66.7 Å². The number of carbonyl (C=O) groups is 3. The fourth-order valence-electron chi connectivity index (χ4n) is 4.04. The van der Waals surface area contributed by atoms with Crippen molar-refractivity contribution in [2.45, 2.75) is 22.6 Å². The zero-order valence-corrected chi connectivity index (χ0v) is 16.8. The van der Waals surface area contributed by atoms with Gasteiger partial charge in [-0.3, -0.25) is 14.5 Å². The van der Waals surface area contributed by atoms with Gasteiger partial charge in [0, 0.05) is 28.8 Å². The molecule has 1 N–H and O–H groups in total. The van der Waals surface area contributed by atoms with Crippen molar-refractivity contribution in [2.24, 2.45) is 0 Å². The maximum atomic E-state index is 13.0. The van der Waals surface area contributed by atoms with Crippen molar-refractivity contribution in [3.8, 4) is 0 Å². The Morgan fingerprint density at radius 1 is 1.03 bits per heavy atom. The molecular weight excluding hydrogens is 400 g/mol. The Bertz CT molecular complexity index is 1190. The Morgan fingerprint density at radius 2 is 1.80 bits per heavy atom. The molecule has 0 spiro atoms. The summed E-state index contributed by atoms with van der Waals surface area (Å²) < 4.78 is 5.39. The number of para-hydroxylation sites is 1. The number of rotatable bonds is 4. The molecular formula is C23H18N2O4S. The van der Waals surface area contributed by atoms with Crippen LogP contribution in [0, 0.1) is 0 Å². The van der Waals surface area contributed by atoms with Crippen molar-refractivity contribution in [2.75, 3.05) is 16.8 Å². The van der Waals surface area contributed by atoms with E-state index in [4.69, 9.17) is 4.74 Å². The molecule has 3 aromatic carbocycles. The molecule has 0 aliphatic carbocycles. The summed E-state index contributed by atoms with van der Waals surface area (Å²) in [7, 11) is 0. The first-order valence-electron chi connectivity index (χ1n) is 9.64. The van der Waals surface area contributed by atoms with Gasteiger partial charge in [0.1, 0.15) is 0 Å². The Labute approximate surface area is 177 Å². The van der Waals surface area contributed by atoms with Gasteiger partial charge < -0.3 is 10.1 Å². The van der Waals surface area contributed by atoms with E-state index in [1.165, 1.54) is 16.7 Å². The highest BCUT2D eigenvalue weighted by molar-refractivity contribution is 8.02. The summed E-state index contributed by atoms with van der Waals surface area (Å²) in [5.74, 6) is -1.10. The van der Waals surface area contributed by atoms with Crippen molar-refractivity contribution in [1.82, 2.24) is 0 Å². The zero-order valence-electron chi connectivity index (χ0n) is 16.0. The van der Waals surface area contributed by atoms with E-state index in [1.54, 1.807) is 0 Å². The summed E-state index contributed by atoms with van der Waals surface area (Å²) in [5, 5.41) is 4.73. The molecule has 2 aliphatic rings. The average molecular weight is 418 g/mol. The van der Waals surface area contributed by atoms with Crippen molar-refractivity contribution < 1.29 is 19.1 Å². The van der Waals surface area contributed by atoms with E-state index in [1.807, 2.05) is 66.7 Å². The molecule has 2 heterocycles. The van der Waals surface area contributed by atoms with Gasteiger partial charge in [-0.05, 0) is 23.6 Å². The minimum atomic E-state index is -1.12. The summed E-state index contributed by atoms with van der Waals surface area (Å²) in [6.07, 6.45) is 0.633. The van der Waals surface area contributed by atoms with Gasteiger partial charge in [0.2, 0.25) is 5.91 Å². The molecule has 2 amide bonds. The third kappa shape index (κ3) is 2.93. The topological polar surface area (TPSA) is 75.7 Å². The molecule has 30 heavy (non-hydrogen) atoms. The lowest BCUT2D eigenvalue weighted by molar-refractivity contribution is -0.149. The van der Waals surface area contributed by atoms with E-state index in [2.05, 4.69) is 5.32 Å². The number of hydrogen-bond acceptors (Lipinski definition) is 5. The molecule has 2 aliphatic heterocycles. The first-order valence-corrected chi connectivity index (χ1v) is 10.5. The maximum absolute atomic E-state index is 13.0. The number of fused-ring (bicyclic) bond motifs is 4. The zero-order chi connectivity index (χ0) is 20.7. The van der Waals surface area contributed by atoms with Crippen LogP contribution < -0.4 is 10.2 Å². The van der Waals surface area contributed by atoms with E-state index in [0.29, 0.717) is 12.1 Å². The van der Waals surface area contributed by atoms with Gasteiger partial charge in [-0.2, -0.15) is 0 Å². The predicted molar refractivity (Wildman–Crippen MR) is 115 cm³/mol. The number of anilines is 2. The lowest BCUT2D eigenvalue weighted by Gasteiger charge is -2.28. The number of nitrogens with one attached hydrogen (secondary N) is 1. The lowest BCUT2D eigenvalue weighted by Crippen LogP contribution is -2.48. The van der Waals surface area contributed by atoms with Crippen molar-refractivity contribution >= 4 is 51.7 Å². The van der Waals surface area contributed by atoms with Crippen molar-refractivity contribution in [3.63, 3.8) is 0 Å². The summed E-state index contributed by atoms with van der Waals surface area (Å²) in [5.41, 5.74) is 1.38. The van der Waals surface area contributed by atoms with Crippen LogP contribution in [0.1, 0.15) is 12.8 Å². The average Bonchev–Trinajstić information content (AvgIpc) is 3.28. The Hall–Kier alpha value is -3.32. The molecule has 150 valence electrons. The standard InChI is InChI=1S/C23H18N2O4S/c26-20(24-17-9-5-7-15-6-1-2-8-16(15)17)14-29-22(28)23-13-12-21(27)25(23)18-10-3-4-11-19(18)30-23/h1-11H,12-14H2,(H,24,26)/t23-/m1/s1. The third-order valence-corrected chi connectivity index (χ3v) is 6.85. The number of esters is 1. The molecule has 5 rings (SSSR count). The molecule has 0 bridgehead atoms. The molecule has 6 nitrogen and oxygen atoms in total. The van der Waals surface area contributed by atoms with Crippen LogP contribution in [0.4, 0.5) is 11.4 Å². The molecule has 0 radical (unpaired) electrons. The Morgan fingerprint density at radius 3 is 2.70 bits per heavy atom. The maximum Gasteiger partial charge on any atom is 0.344 e. The van der Waals surface area contributed by atoms with E-state index >= 15 is 0 Å². The van der Waals surface area contributed by atoms with E-state index < -0.39 is 23.4 Å². The highest BCUT2D eigenvalue weighted by Crippen LogP contribution is 2.56. The molecule has 0 unspecified atom stereocenters. The Kier molecular flexibility index (Phi) is 4.47. The quantitative estimate of drug-likeness (QED) is 0.650. The first-order chi connectivity index (χ1) is 14.6. The minimum Gasteiger partial charge on any atom is -0.453 e. The van der Waals surface area contributed by atoms with Crippen LogP contribution in [0.3, 0.4) is 0 Å². The number of carbonyl (C=O) groups excluding carboxylic acids is 3. The van der Waals surface area contributed by atoms with Crippen LogP contribution in [-0.2, 0) is 19.1 Å². The molecule has 1 saturated heterocycles. The fraction of sp³-hybridized carbons (Fsp3) is 0.174. The summed E-state index contributed by atoms with van der Waals surface area (Å²) in [6.45, 7) is -0.414. The molecule has 1 fully saturated rings. The molecule has 1 atom stereocenters. The van der Waals surface area contributed by atoms with Crippen LogP contribution in [-0.4, -0.2) is 29.3 Å². The smallest absolute Gasteiger partial charge is 0.344 e. The highest BCUT2D eigenvalue weighted by atomic mass is 32.2. The monoisotopic (exact) mass is 418 g/mol. The van der Waals surface area contributed by atoms with Crippen LogP contribution in [0.2, 0.25) is 0 Å². The fourth-order valence-corrected chi connectivity index (χ4v) is 5.45. The predicted octanol–water partition coefficient (Wildman–Crippen LogP) is 3.95. The van der Waals surface area contributed by atoms with Gasteiger partial charge in [-0.15, -0.1) is 0 Å². The highest BCUT2D eigenvalue weighted by Gasteiger charge is 2.58. The van der Waals surface area contributed by atoms with Crippen molar-refractivity contribution in [1.29, 1.82) is 0 Å². The van der Waals surface area contributed by atoms with Gasteiger partial charge in [0.25, 0.3) is 5.91 Å². The first kappa shape index (κ1) is 18.7. The molecule has 0 saturated carbocycles. The largest absolute Gasteiger partial charge is 0.453 e. The summed E-state index contributed by atoms with van der Waals surface area (Å²) in [6, 6.07) is 20.8. The molecule has 0 aromatic heterocycles. The van der Waals surface area contributed by atoms with Gasteiger partial charge in [-0.1, -0.05) is 60.3 Å². The molecule has 7 heteroatoms. The summed E-state index contributed by atoms with van der Waals surface area (Å²) >= 11 is 1.32. The number of nitrogens with zero attached hydrogens (tertiary/aromatic N) is 1. The van der Waals surface area contributed by atoms with E-state index in [-0.39, 0.29) is 12.3 Å². The second-order valence-electron chi connectivity index (χ2n) is 7.23. The van der Waals surface area contributed by atoms with Gasteiger partial charge >= 0.3 is 5.97 Å². The van der Waals surface area contributed by atoms with E-state index in [9.17, 15) is 14.4 Å². The summed E-state index contributed by atoms with van der Waals surface area (Å²) in [4.78, 5) is 39.2. The van der Waals surface area contributed by atoms with Crippen LogP contribution in [0.15, 0.2) is 71.6 Å². The van der Waals surface area contributed by atoms with Gasteiger partial charge in [0.15, 0.2) is 11.5 Å². The van der Waals surface area contributed by atoms with Crippen LogP contribution in [0.5, 0.6) is 0 Å². The Balaban J connectivity index is 1.30.